The molecule has 25 heavy (non-hydrogen) atoms. The van der Waals surface area contributed by atoms with Crippen molar-refractivity contribution in [3.8, 4) is 0 Å². The lowest BCUT2D eigenvalue weighted by Crippen LogP contribution is -2.45. The van der Waals surface area contributed by atoms with Crippen LogP contribution in [0.25, 0.3) is 10.8 Å². The van der Waals surface area contributed by atoms with E-state index < -0.39 is 5.54 Å². The molecule has 5 nitrogen and oxygen atoms in total. The molecule has 1 fully saturated rings. The van der Waals surface area contributed by atoms with E-state index in [1.54, 1.807) is 6.92 Å². The summed E-state index contributed by atoms with van der Waals surface area (Å²) in [6.07, 6.45) is 4.17. The summed E-state index contributed by atoms with van der Waals surface area (Å²) in [5.41, 5.74) is 0.549. The molecule has 0 radical (unpaired) electrons. The first kappa shape index (κ1) is 15.8. The quantitative estimate of drug-likeness (QED) is 0.790. The van der Waals surface area contributed by atoms with Gasteiger partial charge in [0, 0.05) is 6.92 Å². The number of hydrogen-bond donors (Lipinski definition) is 1. The van der Waals surface area contributed by atoms with Gasteiger partial charge < -0.3 is 9.84 Å². The predicted octanol–water partition coefficient (Wildman–Crippen LogP) is 3.66. The first-order valence-corrected chi connectivity index (χ1v) is 8.75. The van der Waals surface area contributed by atoms with Crippen LogP contribution in [0.4, 0.5) is 0 Å². The number of fused-ring (bicyclic) bond motifs is 1. The molecule has 0 unspecified atom stereocenters. The highest BCUT2D eigenvalue weighted by Gasteiger charge is 2.41. The van der Waals surface area contributed by atoms with Gasteiger partial charge in [0.15, 0.2) is 5.82 Å². The molecule has 0 spiro atoms. The monoisotopic (exact) mass is 335 g/mol. The lowest BCUT2D eigenvalue weighted by atomic mass is 9.95. The van der Waals surface area contributed by atoms with Crippen molar-refractivity contribution in [2.45, 2.75) is 44.6 Å². The Labute approximate surface area is 146 Å². The van der Waals surface area contributed by atoms with Gasteiger partial charge in [-0.3, -0.25) is 4.79 Å². The maximum Gasteiger partial charge on any atom is 0.225 e. The molecular weight excluding hydrogens is 314 g/mol. The minimum atomic E-state index is -0.487. The maximum atomic E-state index is 12.8. The molecule has 2 aromatic carbocycles. The summed E-state index contributed by atoms with van der Waals surface area (Å²) < 4.78 is 5.15. The molecule has 0 atom stereocenters. The molecule has 5 heteroatoms. The molecule has 1 aliphatic rings. The average molecular weight is 335 g/mol. The van der Waals surface area contributed by atoms with Crippen molar-refractivity contribution in [1.29, 1.82) is 0 Å². The minimum Gasteiger partial charge on any atom is -0.343 e. The summed E-state index contributed by atoms with van der Waals surface area (Å²) in [6.45, 7) is 1.77. The summed E-state index contributed by atoms with van der Waals surface area (Å²) in [6, 6.07) is 14.2. The Bertz CT molecular complexity index is 905. The number of amides is 1. The lowest BCUT2D eigenvalue weighted by molar-refractivity contribution is -0.122. The Morgan fingerprint density at radius 3 is 2.68 bits per heavy atom. The van der Waals surface area contributed by atoms with Gasteiger partial charge in [-0.1, -0.05) is 60.5 Å². The number of aryl methyl sites for hydroxylation is 1. The molecule has 1 saturated carbocycles. The van der Waals surface area contributed by atoms with Crippen LogP contribution in [0.1, 0.15) is 43.0 Å². The molecule has 0 saturated heterocycles. The Hall–Kier alpha value is -2.69. The third kappa shape index (κ3) is 3.02. The Kier molecular flexibility index (Phi) is 3.99. The van der Waals surface area contributed by atoms with E-state index in [1.807, 2.05) is 24.3 Å². The second-order valence-electron chi connectivity index (χ2n) is 6.79. The minimum absolute atomic E-state index is 0.000654. The topological polar surface area (TPSA) is 68.0 Å². The van der Waals surface area contributed by atoms with Gasteiger partial charge in [0.1, 0.15) is 5.54 Å². The molecule has 3 aromatic rings. The van der Waals surface area contributed by atoms with Crippen LogP contribution >= 0.6 is 0 Å². The first-order chi connectivity index (χ1) is 12.2. The highest BCUT2D eigenvalue weighted by atomic mass is 16.5. The molecular formula is C20H21N3O2. The fourth-order valence-electron chi connectivity index (χ4n) is 3.81. The van der Waals surface area contributed by atoms with Crippen molar-refractivity contribution >= 4 is 16.7 Å². The third-order valence-corrected chi connectivity index (χ3v) is 5.02. The van der Waals surface area contributed by atoms with Crippen LogP contribution in [0.2, 0.25) is 0 Å². The number of hydrogen-bond acceptors (Lipinski definition) is 4. The SMILES string of the molecule is Cc1nc(C2(NC(=O)Cc3cccc4ccccc34)CCCC2)no1. The lowest BCUT2D eigenvalue weighted by Gasteiger charge is -2.27. The largest absolute Gasteiger partial charge is 0.343 e. The fraction of sp³-hybridized carbons (Fsp3) is 0.350. The molecule has 0 aliphatic heterocycles. The van der Waals surface area contributed by atoms with Crippen molar-refractivity contribution in [3.63, 3.8) is 0 Å². The van der Waals surface area contributed by atoms with Crippen LogP contribution in [0.5, 0.6) is 0 Å². The molecule has 1 N–H and O–H groups in total. The number of carbonyl (C=O) groups is 1. The highest BCUT2D eigenvalue weighted by Crippen LogP contribution is 2.37. The van der Waals surface area contributed by atoms with Gasteiger partial charge in [0.25, 0.3) is 0 Å². The van der Waals surface area contributed by atoms with Gasteiger partial charge in [0.05, 0.1) is 6.42 Å². The van der Waals surface area contributed by atoms with Crippen molar-refractivity contribution < 1.29 is 9.32 Å². The molecule has 1 aromatic heterocycles. The van der Waals surface area contributed by atoms with Crippen molar-refractivity contribution in [2.75, 3.05) is 0 Å². The van der Waals surface area contributed by atoms with Gasteiger partial charge in [-0.05, 0) is 29.2 Å². The van der Waals surface area contributed by atoms with Crippen LogP contribution in [-0.2, 0) is 16.8 Å². The van der Waals surface area contributed by atoms with E-state index in [-0.39, 0.29) is 5.91 Å². The summed E-state index contributed by atoms with van der Waals surface area (Å²) in [5.74, 6) is 1.14. The number of aromatic nitrogens is 2. The van der Waals surface area contributed by atoms with E-state index in [0.717, 1.165) is 42.0 Å². The van der Waals surface area contributed by atoms with Crippen LogP contribution in [0.15, 0.2) is 47.0 Å². The Morgan fingerprint density at radius 1 is 1.16 bits per heavy atom. The average Bonchev–Trinajstić information content (AvgIpc) is 3.25. The number of nitrogens with one attached hydrogen (secondary N) is 1. The Morgan fingerprint density at radius 2 is 1.92 bits per heavy atom. The fourth-order valence-corrected chi connectivity index (χ4v) is 3.81. The van der Waals surface area contributed by atoms with Crippen molar-refractivity contribution in [3.05, 3.63) is 59.7 Å². The number of nitrogens with zero attached hydrogens (tertiary/aromatic N) is 2. The van der Waals surface area contributed by atoms with E-state index in [4.69, 9.17) is 4.52 Å². The number of rotatable bonds is 4. The van der Waals surface area contributed by atoms with Crippen LogP contribution in [0, 0.1) is 6.92 Å². The number of benzene rings is 2. The zero-order valence-electron chi connectivity index (χ0n) is 14.3. The molecule has 4 rings (SSSR count). The van der Waals surface area contributed by atoms with Gasteiger partial charge >= 0.3 is 0 Å². The van der Waals surface area contributed by atoms with E-state index in [9.17, 15) is 4.79 Å². The van der Waals surface area contributed by atoms with Gasteiger partial charge in [-0.25, -0.2) is 0 Å². The normalized spacial score (nSPS) is 16.2. The second-order valence-corrected chi connectivity index (χ2v) is 6.79. The summed E-state index contributed by atoms with van der Waals surface area (Å²) in [5, 5.41) is 9.56. The molecule has 1 heterocycles. The third-order valence-electron chi connectivity index (χ3n) is 5.02. The van der Waals surface area contributed by atoms with E-state index in [0.29, 0.717) is 18.1 Å². The predicted molar refractivity (Wildman–Crippen MR) is 95.0 cm³/mol. The van der Waals surface area contributed by atoms with Gasteiger partial charge in [-0.15, -0.1) is 0 Å². The van der Waals surface area contributed by atoms with Crippen LogP contribution in [0.3, 0.4) is 0 Å². The summed E-state index contributed by atoms with van der Waals surface area (Å²) in [7, 11) is 0. The Balaban J connectivity index is 1.58. The molecule has 1 amide bonds. The number of carbonyl (C=O) groups excluding carboxylic acids is 1. The maximum absolute atomic E-state index is 12.8. The molecule has 1 aliphatic carbocycles. The molecule has 0 bridgehead atoms. The summed E-state index contributed by atoms with van der Waals surface area (Å²) in [4.78, 5) is 17.2. The first-order valence-electron chi connectivity index (χ1n) is 8.75. The van der Waals surface area contributed by atoms with Crippen LogP contribution < -0.4 is 5.32 Å². The van der Waals surface area contributed by atoms with Gasteiger partial charge in [0.2, 0.25) is 11.8 Å². The van der Waals surface area contributed by atoms with Crippen molar-refractivity contribution in [2.24, 2.45) is 0 Å². The zero-order valence-corrected chi connectivity index (χ0v) is 14.3. The van der Waals surface area contributed by atoms with E-state index in [1.165, 1.54) is 0 Å². The van der Waals surface area contributed by atoms with Crippen molar-refractivity contribution in [1.82, 2.24) is 15.5 Å². The van der Waals surface area contributed by atoms with Gasteiger partial charge in [-0.2, -0.15) is 4.98 Å². The van der Waals surface area contributed by atoms with Crippen LogP contribution in [-0.4, -0.2) is 16.0 Å². The smallest absolute Gasteiger partial charge is 0.225 e. The zero-order chi connectivity index (χ0) is 17.3. The molecule has 128 valence electrons. The standard InChI is InChI=1S/C20H21N3O2/c1-14-21-19(23-25-14)20(11-4-5-12-20)22-18(24)13-16-9-6-8-15-7-2-3-10-17(15)16/h2-3,6-10H,4-5,11-13H2,1H3,(H,22,24). The highest BCUT2D eigenvalue weighted by molar-refractivity contribution is 5.90. The summed E-state index contributed by atoms with van der Waals surface area (Å²) >= 11 is 0. The second kappa shape index (κ2) is 6.31. The van der Waals surface area contributed by atoms with E-state index in [2.05, 4.69) is 33.7 Å². The van der Waals surface area contributed by atoms with E-state index >= 15 is 0 Å².